The van der Waals surface area contributed by atoms with Crippen molar-refractivity contribution >= 4 is 33.5 Å². The standard InChI is InChI=1S/C65H90O7S2/c1-5-6-9-20-51-21-14-30-62(51)33-27-52(40-62)61(4)32-28-56(67)65-55(66)25-22-45(2)35-50(37-47-18-12-8-13-19-47)43-73-74-44-53-24-23-48(36-46-16-10-7-11-17-46)39-63(53)31-15-29-60(3,41-54(58(61)65)72-59(63)69)64(65,70)34-26-49-38-57(68)71-42-49/h7-8,10-13,16-19,38,45,48,50-56,58,66-67,70H,5-6,9,14,20-28,30-37,39-44H2,1-4H3. The fourth-order valence-corrected chi connectivity index (χ4v) is 21.3. The van der Waals surface area contributed by atoms with Crippen LogP contribution in [-0.4, -0.2) is 69.3 Å². The van der Waals surface area contributed by atoms with Crippen LogP contribution in [0.5, 0.6) is 0 Å². The molecule has 404 valence electrons. The predicted octanol–water partition coefficient (Wildman–Crippen LogP) is 13.7. The van der Waals surface area contributed by atoms with Crippen LogP contribution in [0.15, 0.2) is 72.3 Å². The quantitative estimate of drug-likeness (QED) is 0.0828. The second kappa shape index (κ2) is 22.5. The number of esters is 2. The van der Waals surface area contributed by atoms with E-state index in [0.29, 0.717) is 50.4 Å². The van der Waals surface area contributed by atoms with Gasteiger partial charge in [-0.25, -0.2) is 4.79 Å². The molecule has 10 rings (SSSR count). The largest absolute Gasteiger partial charge is 0.462 e. The van der Waals surface area contributed by atoms with Gasteiger partial charge in [-0.05, 0) is 186 Å². The minimum Gasteiger partial charge on any atom is -0.462 e. The van der Waals surface area contributed by atoms with Gasteiger partial charge in [-0.1, -0.05) is 135 Å². The molecule has 74 heavy (non-hydrogen) atoms. The summed E-state index contributed by atoms with van der Waals surface area (Å²) < 4.78 is 13.0. The smallest absolute Gasteiger partial charge is 0.331 e. The summed E-state index contributed by atoms with van der Waals surface area (Å²) in [4.78, 5) is 28.9. The molecular formula is C65H90O7S2. The van der Waals surface area contributed by atoms with Gasteiger partial charge in [0, 0.05) is 36.3 Å². The van der Waals surface area contributed by atoms with E-state index >= 15 is 4.79 Å². The molecule has 16 atom stereocenters. The van der Waals surface area contributed by atoms with E-state index in [1.54, 1.807) is 6.08 Å². The second-order valence-corrected chi connectivity index (χ2v) is 28.9. The first-order valence-electron chi connectivity index (χ1n) is 29.6. The number of carbonyl (C=O) groups excluding carboxylic acids is 2. The lowest BCUT2D eigenvalue weighted by atomic mass is 9.35. The maximum atomic E-state index is 16.3. The van der Waals surface area contributed by atoms with Gasteiger partial charge in [0.05, 0.1) is 34.1 Å². The monoisotopic (exact) mass is 1050 g/mol. The van der Waals surface area contributed by atoms with Crippen LogP contribution in [0.25, 0.3) is 0 Å². The van der Waals surface area contributed by atoms with Crippen molar-refractivity contribution in [3.8, 4) is 11.8 Å². The molecule has 9 heteroatoms. The maximum Gasteiger partial charge on any atom is 0.331 e. The van der Waals surface area contributed by atoms with Gasteiger partial charge >= 0.3 is 11.9 Å². The molecule has 4 bridgehead atoms. The normalized spacial score (nSPS) is 42.5. The fraction of sp³-hybridized carbons (Fsp3) is 0.723. The van der Waals surface area contributed by atoms with Crippen LogP contribution < -0.4 is 0 Å². The molecular weight excluding hydrogens is 957 g/mol. The van der Waals surface area contributed by atoms with E-state index in [4.69, 9.17) is 9.47 Å². The molecule has 6 fully saturated rings. The van der Waals surface area contributed by atoms with Gasteiger partial charge in [0.25, 0.3) is 0 Å². The molecule has 1 saturated heterocycles. The van der Waals surface area contributed by atoms with E-state index < -0.39 is 51.5 Å². The summed E-state index contributed by atoms with van der Waals surface area (Å²) in [5.74, 6) is 10.3. The Bertz CT molecular complexity index is 2370. The molecule has 3 N–H and O–H groups in total. The summed E-state index contributed by atoms with van der Waals surface area (Å²) in [6.45, 7) is 9.32. The molecule has 2 aromatic rings. The molecule has 3 aliphatic heterocycles. The Hall–Kier alpha value is -2.74. The molecule has 16 unspecified atom stereocenters. The molecule has 7 nitrogen and oxygen atoms in total. The number of ether oxygens (including phenoxy) is 2. The number of unbranched alkanes of at least 4 members (excludes halogenated alkanes) is 2. The van der Waals surface area contributed by atoms with Gasteiger partial charge < -0.3 is 24.8 Å². The Morgan fingerprint density at radius 2 is 1.50 bits per heavy atom. The highest BCUT2D eigenvalue weighted by molar-refractivity contribution is 8.76. The maximum absolute atomic E-state index is 16.3. The van der Waals surface area contributed by atoms with Crippen LogP contribution in [0, 0.1) is 80.3 Å². The van der Waals surface area contributed by atoms with Crippen molar-refractivity contribution in [2.45, 2.75) is 206 Å². The zero-order chi connectivity index (χ0) is 51.8. The third kappa shape index (κ3) is 10.2. The number of cyclic esters (lactones) is 1. The highest BCUT2D eigenvalue weighted by Gasteiger charge is 2.78. The summed E-state index contributed by atoms with van der Waals surface area (Å²) in [6.07, 6.45) is 20.1. The number of hydrogen-bond acceptors (Lipinski definition) is 9. The number of benzene rings is 2. The summed E-state index contributed by atoms with van der Waals surface area (Å²) in [5.41, 5.74) is -2.00. The first-order valence-corrected chi connectivity index (χ1v) is 32.1. The lowest BCUT2D eigenvalue weighted by molar-refractivity contribution is -0.338. The first-order chi connectivity index (χ1) is 35.7. The number of carbonyl (C=O) groups is 2. The van der Waals surface area contributed by atoms with Gasteiger partial charge in [0.2, 0.25) is 0 Å². The topological polar surface area (TPSA) is 113 Å². The minimum atomic E-state index is -1.73. The van der Waals surface area contributed by atoms with Crippen molar-refractivity contribution in [1.29, 1.82) is 0 Å². The summed E-state index contributed by atoms with van der Waals surface area (Å²) in [5, 5.41) is 42.2. The third-order valence-electron chi connectivity index (χ3n) is 22.1. The van der Waals surface area contributed by atoms with Crippen LogP contribution in [0.1, 0.15) is 180 Å². The van der Waals surface area contributed by atoms with E-state index in [1.807, 2.05) is 21.6 Å². The number of aliphatic hydroxyl groups is 3. The Labute approximate surface area is 453 Å². The minimum absolute atomic E-state index is 0.0489. The Balaban J connectivity index is 1.12. The lowest BCUT2D eigenvalue weighted by Gasteiger charge is -2.71. The van der Waals surface area contributed by atoms with E-state index in [9.17, 15) is 20.1 Å². The van der Waals surface area contributed by atoms with Crippen LogP contribution >= 0.6 is 21.6 Å². The van der Waals surface area contributed by atoms with E-state index in [0.717, 1.165) is 74.9 Å². The first kappa shape index (κ1) is 54.6. The third-order valence-corrected chi connectivity index (χ3v) is 24.7. The summed E-state index contributed by atoms with van der Waals surface area (Å²) in [6, 6.07) is 21.6. The van der Waals surface area contributed by atoms with E-state index in [-0.39, 0.29) is 54.1 Å². The molecule has 0 aromatic heterocycles. The van der Waals surface area contributed by atoms with Crippen molar-refractivity contribution in [3.63, 3.8) is 0 Å². The molecule has 2 aromatic carbocycles. The van der Waals surface area contributed by atoms with Crippen LogP contribution in [0.2, 0.25) is 0 Å². The number of aliphatic hydroxyl groups excluding tert-OH is 2. The number of rotatable bonds is 12. The lowest BCUT2D eigenvalue weighted by Crippen LogP contribution is -2.79. The summed E-state index contributed by atoms with van der Waals surface area (Å²) >= 11 is 0. The van der Waals surface area contributed by atoms with Gasteiger partial charge in [-0.3, -0.25) is 4.79 Å². The van der Waals surface area contributed by atoms with Crippen molar-refractivity contribution in [2.24, 2.45) is 68.5 Å². The Morgan fingerprint density at radius 1 is 0.770 bits per heavy atom. The molecule has 8 aliphatic rings. The second-order valence-electron chi connectivity index (χ2n) is 26.3. The average Bonchev–Trinajstić information content (AvgIpc) is 4.14. The molecule has 0 amide bonds. The van der Waals surface area contributed by atoms with Gasteiger partial charge in [0.1, 0.15) is 12.7 Å². The van der Waals surface area contributed by atoms with Gasteiger partial charge in [-0.15, -0.1) is 5.92 Å². The average molecular weight is 1050 g/mol. The highest BCUT2D eigenvalue weighted by Crippen LogP contribution is 2.74. The van der Waals surface area contributed by atoms with Crippen LogP contribution in [0.4, 0.5) is 0 Å². The predicted molar refractivity (Wildman–Crippen MR) is 300 cm³/mol. The molecule has 2 spiro atoms. The molecule has 5 aliphatic carbocycles. The van der Waals surface area contributed by atoms with E-state index in [1.165, 1.54) is 62.5 Å². The van der Waals surface area contributed by atoms with Crippen molar-refractivity contribution in [3.05, 3.63) is 83.4 Å². The highest BCUT2D eigenvalue weighted by atomic mass is 33.1. The van der Waals surface area contributed by atoms with Crippen molar-refractivity contribution in [2.75, 3.05) is 18.1 Å². The zero-order valence-corrected chi connectivity index (χ0v) is 47.1. The number of hydrogen-bond donors (Lipinski definition) is 3. The SMILES string of the molecule is CCCCCC1CCCC12CCC(C1(C)CCC(O)C34C(O)CCC(C)CC(Cc5ccccc5)CSSCC5CCC(Cc6ccccc6)CC56CC#CC(C)(CC(OC6=O)C13)C4(O)CCC1=CC(=O)OC1)C2. The fourth-order valence-electron chi connectivity index (χ4n) is 18.3. The van der Waals surface area contributed by atoms with E-state index in [2.05, 4.69) is 100 Å². The molecule has 0 radical (unpaired) electrons. The molecule has 5 saturated carbocycles. The Kier molecular flexibility index (Phi) is 16.6. The summed E-state index contributed by atoms with van der Waals surface area (Å²) in [7, 11) is 3.90. The molecule has 3 heterocycles. The van der Waals surface area contributed by atoms with Crippen LogP contribution in [-0.2, 0) is 31.9 Å². The zero-order valence-electron chi connectivity index (χ0n) is 45.5. The van der Waals surface area contributed by atoms with Crippen LogP contribution in [0.3, 0.4) is 0 Å². The number of fused-ring (bicyclic) bond motifs is 2. The van der Waals surface area contributed by atoms with Crippen molar-refractivity contribution in [1.82, 2.24) is 0 Å². The van der Waals surface area contributed by atoms with Crippen molar-refractivity contribution < 1.29 is 34.4 Å². The van der Waals surface area contributed by atoms with Gasteiger partial charge in [0.15, 0.2) is 0 Å². The Morgan fingerprint density at radius 3 is 2.23 bits per heavy atom. The van der Waals surface area contributed by atoms with Gasteiger partial charge in [-0.2, -0.15) is 0 Å².